The van der Waals surface area contributed by atoms with Gasteiger partial charge in [0.05, 0.1) is 4.83 Å². The Hall–Kier alpha value is 0.170. The Morgan fingerprint density at radius 3 is 2.59 bits per heavy atom. The van der Waals surface area contributed by atoms with Crippen LogP contribution in [0, 0.1) is 13.8 Å². The van der Waals surface area contributed by atoms with Crippen molar-refractivity contribution in [3.63, 3.8) is 0 Å². The molecule has 90 valence electrons. The van der Waals surface area contributed by atoms with Gasteiger partial charge >= 0.3 is 0 Å². The molecule has 1 unspecified atom stereocenters. The lowest BCUT2D eigenvalue weighted by Gasteiger charge is -2.11. The SMILES string of the molecule is Cc1cccc(C(Br)c2cc(Br)c(C)s2)c1Cl. The topological polar surface area (TPSA) is 0 Å². The minimum Gasteiger partial charge on any atom is -0.143 e. The van der Waals surface area contributed by atoms with Gasteiger partial charge in [-0.2, -0.15) is 0 Å². The largest absolute Gasteiger partial charge is 0.143 e. The number of benzene rings is 1. The van der Waals surface area contributed by atoms with E-state index < -0.39 is 0 Å². The fraction of sp³-hybridized carbons (Fsp3) is 0.231. The Kier molecular flexibility index (Phi) is 4.35. The Morgan fingerprint density at radius 2 is 2.00 bits per heavy atom. The van der Waals surface area contributed by atoms with Gasteiger partial charge < -0.3 is 0 Å². The average molecular weight is 395 g/mol. The molecule has 0 fully saturated rings. The summed E-state index contributed by atoms with van der Waals surface area (Å²) in [5.74, 6) is 0. The molecule has 0 radical (unpaired) electrons. The van der Waals surface area contributed by atoms with Crippen molar-refractivity contribution in [1.29, 1.82) is 0 Å². The fourth-order valence-electron chi connectivity index (χ4n) is 1.63. The molecule has 0 bridgehead atoms. The van der Waals surface area contributed by atoms with E-state index in [0.29, 0.717) is 0 Å². The molecule has 0 amide bonds. The second-order valence-electron chi connectivity index (χ2n) is 3.89. The third kappa shape index (κ3) is 2.78. The van der Waals surface area contributed by atoms with Crippen molar-refractivity contribution in [2.75, 3.05) is 0 Å². The number of halogens is 3. The third-order valence-electron chi connectivity index (χ3n) is 2.62. The van der Waals surface area contributed by atoms with Crippen molar-refractivity contribution >= 4 is 54.8 Å². The van der Waals surface area contributed by atoms with Crippen LogP contribution in [0.1, 0.15) is 25.7 Å². The van der Waals surface area contributed by atoms with E-state index in [-0.39, 0.29) is 4.83 Å². The highest BCUT2D eigenvalue weighted by Gasteiger charge is 2.17. The second-order valence-corrected chi connectivity index (χ2v) is 7.33. The van der Waals surface area contributed by atoms with Crippen LogP contribution >= 0.6 is 54.8 Å². The van der Waals surface area contributed by atoms with E-state index in [1.807, 2.05) is 19.1 Å². The van der Waals surface area contributed by atoms with Crippen molar-refractivity contribution in [1.82, 2.24) is 0 Å². The minimum absolute atomic E-state index is 0.157. The van der Waals surface area contributed by atoms with Gasteiger partial charge in [-0.25, -0.2) is 0 Å². The normalized spacial score (nSPS) is 12.8. The van der Waals surface area contributed by atoms with Gasteiger partial charge in [0.1, 0.15) is 0 Å². The molecule has 0 saturated carbocycles. The molecule has 0 saturated heterocycles. The molecule has 4 heteroatoms. The van der Waals surface area contributed by atoms with Crippen LogP contribution in [-0.2, 0) is 0 Å². The van der Waals surface area contributed by atoms with E-state index in [9.17, 15) is 0 Å². The number of aryl methyl sites for hydroxylation is 2. The maximum Gasteiger partial charge on any atom is 0.0752 e. The van der Waals surface area contributed by atoms with E-state index in [2.05, 4.69) is 50.9 Å². The molecule has 0 aliphatic rings. The van der Waals surface area contributed by atoms with Crippen LogP contribution in [0.2, 0.25) is 5.02 Å². The number of hydrogen-bond acceptors (Lipinski definition) is 1. The molecule has 1 atom stereocenters. The molecule has 1 aromatic carbocycles. The van der Waals surface area contributed by atoms with Crippen molar-refractivity contribution in [2.45, 2.75) is 18.7 Å². The lowest BCUT2D eigenvalue weighted by molar-refractivity contribution is 1.21. The first-order valence-electron chi connectivity index (χ1n) is 5.15. The molecule has 1 aromatic heterocycles. The third-order valence-corrected chi connectivity index (χ3v) is 6.63. The standard InChI is InChI=1S/C13H11Br2ClS/c1-7-4-3-5-9(13(7)16)12(15)11-6-10(14)8(2)17-11/h3-6,12H,1-2H3. The lowest BCUT2D eigenvalue weighted by atomic mass is 10.1. The number of hydrogen-bond donors (Lipinski definition) is 0. The van der Waals surface area contributed by atoms with Gasteiger partial charge in [-0.15, -0.1) is 11.3 Å². The van der Waals surface area contributed by atoms with Gasteiger partial charge in [-0.3, -0.25) is 0 Å². The quantitative estimate of drug-likeness (QED) is 0.527. The van der Waals surface area contributed by atoms with Crippen LogP contribution in [0.5, 0.6) is 0 Å². The van der Waals surface area contributed by atoms with E-state index in [1.165, 1.54) is 9.75 Å². The van der Waals surface area contributed by atoms with Crippen LogP contribution in [-0.4, -0.2) is 0 Å². The first kappa shape index (κ1) is 13.6. The molecule has 1 heterocycles. The summed E-state index contributed by atoms with van der Waals surface area (Å²) in [5, 5.41) is 0.844. The molecule has 17 heavy (non-hydrogen) atoms. The highest BCUT2D eigenvalue weighted by molar-refractivity contribution is 9.10. The molecular weight excluding hydrogens is 383 g/mol. The van der Waals surface area contributed by atoms with Gasteiger partial charge in [-0.1, -0.05) is 45.7 Å². The summed E-state index contributed by atoms with van der Waals surface area (Å²) < 4.78 is 1.16. The van der Waals surface area contributed by atoms with Gasteiger partial charge in [-0.05, 0) is 47.0 Å². The van der Waals surface area contributed by atoms with Crippen LogP contribution in [0.15, 0.2) is 28.7 Å². The van der Waals surface area contributed by atoms with Crippen LogP contribution in [0.25, 0.3) is 0 Å². The summed E-state index contributed by atoms with van der Waals surface area (Å²) in [5.41, 5.74) is 2.24. The van der Waals surface area contributed by atoms with Gasteiger partial charge in [0.25, 0.3) is 0 Å². The number of alkyl halides is 1. The Morgan fingerprint density at radius 1 is 1.29 bits per heavy atom. The number of thiophene rings is 1. The zero-order valence-corrected chi connectivity index (χ0v) is 14.2. The maximum atomic E-state index is 6.35. The molecule has 2 rings (SSSR count). The summed E-state index contributed by atoms with van der Waals surface area (Å²) in [6.45, 7) is 4.14. The average Bonchev–Trinajstić information content (AvgIpc) is 2.62. The molecule has 0 aliphatic heterocycles. The maximum absolute atomic E-state index is 6.35. The molecular formula is C13H11Br2ClS. The summed E-state index contributed by atoms with van der Waals surface area (Å²) in [6, 6.07) is 8.29. The molecule has 0 nitrogen and oxygen atoms in total. The molecule has 2 aromatic rings. The first-order chi connectivity index (χ1) is 8.00. The Balaban J connectivity index is 2.43. The van der Waals surface area contributed by atoms with E-state index in [4.69, 9.17) is 11.6 Å². The summed E-state index contributed by atoms with van der Waals surface area (Å²) >= 11 is 15.4. The van der Waals surface area contributed by atoms with Gasteiger partial charge in [0, 0.05) is 19.2 Å². The minimum atomic E-state index is 0.157. The fourth-order valence-corrected chi connectivity index (χ4v) is 4.34. The van der Waals surface area contributed by atoms with Crippen LogP contribution in [0.3, 0.4) is 0 Å². The second kappa shape index (κ2) is 5.43. The first-order valence-corrected chi connectivity index (χ1v) is 8.06. The lowest BCUT2D eigenvalue weighted by Crippen LogP contribution is -1.92. The smallest absolute Gasteiger partial charge is 0.0752 e. The summed E-state index contributed by atoms with van der Waals surface area (Å²) in [4.78, 5) is 2.71. The summed E-state index contributed by atoms with van der Waals surface area (Å²) in [6.07, 6.45) is 0. The predicted octanol–water partition coefficient (Wildman–Crippen LogP) is 6.27. The van der Waals surface area contributed by atoms with Crippen LogP contribution in [0.4, 0.5) is 0 Å². The molecule has 0 spiro atoms. The predicted molar refractivity (Wildman–Crippen MR) is 83.7 cm³/mol. The van der Waals surface area contributed by atoms with Gasteiger partial charge in [0.15, 0.2) is 0 Å². The highest BCUT2D eigenvalue weighted by atomic mass is 79.9. The van der Waals surface area contributed by atoms with Crippen LogP contribution < -0.4 is 0 Å². The van der Waals surface area contributed by atoms with Crippen molar-refractivity contribution in [3.8, 4) is 0 Å². The van der Waals surface area contributed by atoms with E-state index in [0.717, 1.165) is 20.6 Å². The highest BCUT2D eigenvalue weighted by Crippen LogP contribution is 2.41. The monoisotopic (exact) mass is 392 g/mol. The Bertz CT molecular complexity index is 529. The van der Waals surface area contributed by atoms with E-state index in [1.54, 1.807) is 11.3 Å². The Labute approximate surface area is 127 Å². The summed E-state index contributed by atoms with van der Waals surface area (Å²) in [7, 11) is 0. The van der Waals surface area contributed by atoms with Crippen molar-refractivity contribution < 1.29 is 0 Å². The van der Waals surface area contributed by atoms with Crippen molar-refractivity contribution in [3.05, 3.63) is 54.6 Å². The molecule has 0 aliphatic carbocycles. The number of rotatable bonds is 2. The zero-order chi connectivity index (χ0) is 12.6. The van der Waals surface area contributed by atoms with Gasteiger partial charge in [0.2, 0.25) is 0 Å². The van der Waals surface area contributed by atoms with E-state index >= 15 is 0 Å². The van der Waals surface area contributed by atoms with Crippen molar-refractivity contribution in [2.24, 2.45) is 0 Å². The zero-order valence-electron chi connectivity index (χ0n) is 9.43. The molecule has 0 N–H and O–H groups in total.